The van der Waals surface area contributed by atoms with Crippen LogP contribution in [-0.4, -0.2) is 24.9 Å². The number of rotatable bonds is 4. The first-order valence-corrected chi connectivity index (χ1v) is 5.47. The minimum Gasteiger partial charge on any atom is -0.396 e. The van der Waals surface area contributed by atoms with Gasteiger partial charge in [-0.15, -0.1) is 0 Å². The molecule has 1 aliphatic heterocycles. The Bertz CT molecular complexity index is 304. The van der Waals surface area contributed by atoms with Gasteiger partial charge < -0.3 is 9.84 Å². The Hall–Kier alpha value is -0.860. The highest BCUT2D eigenvalue weighted by molar-refractivity contribution is 5.20. The van der Waals surface area contributed by atoms with E-state index in [1.54, 1.807) is 0 Å². The van der Waals surface area contributed by atoms with Crippen LogP contribution in [0.4, 0.5) is 0 Å². The summed E-state index contributed by atoms with van der Waals surface area (Å²) in [5.41, 5.74) is 1.50. The summed E-state index contributed by atoms with van der Waals surface area (Å²) in [6.45, 7) is 4.11. The Balaban J connectivity index is 2.04. The molecule has 0 saturated carbocycles. The summed E-state index contributed by atoms with van der Waals surface area (Å²) < 4.78 is 5.24. The average Bonchev–Trinajstić information content (AvgIpc) is 2.25. The van der Waals surface area contributed by atoms with E-state index in [2.05, 4.69) is 19.1 Å². The highest BCUT2D eigenvalue weighted by atomic mass is 16.5. The SMILES string of the molecule is CC1(CC(CO)c2ccccc2)COC1. The van der Waals surface area contributed by atoms with Crippen molar-refractivity contribution in [2.45, 2.75) is 19.3 Å². The zero-order valence-corrected chi connectivity index (χ0v) is 9.15. The Morgan fingerprint density at radius 1 is 1.33 bits per heavy atom. The molecule has 82 valence electrons. The molecule has 1 saturated heterocycles. The molecule has 1 aliphatic rings. The smallest absolute Gasteiger partial charge is 0.0542 e. The second kappa shape index (κ2) is 4.33. The number of aliphatic hydroxyl groups is 1. The van der Waals surface area contributed by atoms with Crippen molar-refractivity contribution < 1.29 is 9.84 Å². The largest absolute Gasteiger partial charge is 0.396 e. The van der Waals surface area contributed by atoms with Crippen LogP contribution in [-0.2, 0) is 4.74 Å². The van der Waals surface area contributed by atoms with Gasteiger partial charge in [0.15, 0.2) is 0 Å². The maximum atomic E-state index is 9.42. The third-order valence-corrected chi connectivity index (χ3v) is 3.13. The summed E-state index contributed by atoms with van der Waals surface area (Å²) in [6.07, 6.45) is 1.01. The van der Waals surface area contributed by atoms with Gasteiger partial charge in [-0.05, 0) is 12.0 Å². The molecule has 1 atom stereocenters. The maximum Gasteiger partial charge on any atom is 0.0542 e. The highest BCUT2D eigenvalue weighted by Crippen LogP contribution is 2.37. The summed E-state index contributed by atoms with van der Waals surface area (Å²) in [6, 6.07) is 10.2. The lowest BCUT2D eigenvalue weighted by Gasteiger charge is -2.40. The van der Waals surface area contributed by atoms with Gasteiger partial charge in [-0.3, -0.25) is 0 Å². The van der Waals surface area contributed by atoms with Crippen molar-refractivity contribution in [2.24, 2.45) is 5.41 Å². The summed E-state index contributed by atoms with van der Waals surface area (Å²) in [5, 5.41) is 9.42. The van der Waals surface area contributed by atoms with E-state index >= 15 is 0 Å². The molecule has 0 aliphatic carbocycles. The molecule has 0 bridgehead atoms. The molecule has 1 aromatic carbocycles. The van der Waals surface area contributed by atoms with Crippen LogP contribution in [0, 0.1) is 5.41 Å². The lowest BCUT2D eigenvalue weighted by molar-refractivity contribution is -0.110. The van der Waals surface area contributed by atoms with Gasteiger partial charge in [0.1, 0.15) is 0 Å². The van der Waals surface area contributed by atoms with Crippen molar-refractivity contribution in [3.05, 3.63) is 35.9 Å². The van der Waals surface area contributed by atoms with Crippen LogP contribution in [0.5, 0.6) is 0 Å². The van der Waals surface area contributed by atoms with E-state index in [1.807, 2.05) is 18.2 Å². The fourth-order valence-corrected chi connectivity index (χ4v) is 2.18. The van der Waals surface area contributed by atoms with Gasteiger partial charge >= 0.3 is 0 Å². The highest BCUT2D eigenvalue weighted by Gasteiger charge is 2.35. The molecular weight excluding hydrogens is 188 g/mol. The van der Waals surface area contributed by atoms with Crippen LogP contribution in [0.1, 0.15) is 24.8 Å². The molecule has 0 amide bonds. The third kappa shape index (κ3) is 2.39. The minimum atomic E-state index is 0.222. The molecule has 0 spiro atoms. The quantitative estimate of drug-likeness (QED) is 0.818. The lowest BCUT2D eigenvalue weighted by atomic mass is 9.77. The van der Waals surface area contributed by atoms with Gasteiger partial charge in [0.2, 0.25) is 0 Å². The molecule has 0 aromatic heterocycles. The first-order valence-electron chi connectivity index (χ1n) is 5.47. The molecular formula is C13H18O2. The minimum absolute atomic E-state index is 0.222. The van der Waals surface area contributed by atoms with E-state index < -0.39 is 0 Å². The summed E-state index contributed by atoms with van der Waals surface area (Å²) in [5.74, 6) is 0.250. The monoisotopic (exact) mass is 206 g/mol. The summed E-state index contributed by atoms with van der Waals surface area (Å²) in [7, 11) is 0. The van der Waals surface area contributed by atoms with Crippen LogP contribution in [0.3, 0.4) is 0 Å². The fourth-order valence-electron chi connectivity index (χ4n) is 2.18. The topological polar surface area (TPSA) is 29.5 Å². The zero-order chi connectivity index (χ0) is 10.7. The van der Waals surface area contributed by atoms with E-state index in [-0.39, 0.29) is 17.9 Å². The van der Waals surface area contributed by atoms with Crippen LogP contribution in [0.2, 0.25) is 0 Å². The molecule has 2 rings (SSSR count). The van der Waals surface area contributed by atoms with Gasteiger partial charge in [-0.25, -0.2) is 0 Å². The average molecular weight is 206 g/mol. The van der Waals surface area contributed by atoms with Crippen molar-refractivity contribution in [3.8, 4) is 0 Å². The van der Waals surface area contributed by atoms with Gasteiger partial charge in [0, 0.05) is 17.9 Å². The maximum absolute atomic E-state index is 9.42. The van der Waals surface area contributed by atoms with Crippen molar-refractivity contribution >= 4 is 0 Å². The number of benzene rings is 1. The molecule has 0 radical (unpaired) electrons. The third-order valence-electron chi connectivity index (χ3n) is 3.13. The Kier molecular flexibility index (Phi) is 3.08. The second-order valence-corrected chi connectivity index (χ2v) is 4.80. The Morgan fingerprint density at radius 2 is 2.00 bits per heavy atom. The molecule has 1 unspecified atom stereocenters. The molecule has 15 heavy (non-hydrogen) atoms. The number of hydrogen-bond donors (Lipinski definition) is 1. The molecule has 2 heteroatoms. The molecule has 1 N–H and O–H groups in total. The van der Waals surface area contributed by atoms with Gasteiger partial charge in [0.25, 0.3) is 0 Å². The number of ether oxygens (including phenoxy) is 1. The standard InChI is InChI=1S/C13H18O2/c1-13(9-15-10-13)7-12(8-14)11-5-3-2-4-6-11/h2-6,12,14H,7-10H2,1H3. The zero-order valence-electron chi connectivity index (χ0n) is 9.15. The van der Waals surface area contributed by atoms with E-state index in [0.29, 0.717) is 0 Å². The molecule has 1 aromatic rings. The summed E-state index contributed by atoms with van der Waals surface area (Å²) >= 11 is 0. The first-order chi connectivity index (χ1) is 7.23. The van der Waals surface area contributed by atoms with Crippen LogP contribution >= 0.6 is 0 Å². The van der Waals surface area contributed by atoms with Gasteiger partial charge in [-0.2, -0.15) is 0 Å². The Morgan fingerprint density at radius 3 is 2.47 bits per heavy atom. The van der Waals surface area contributed by atoms with Crippen LogP contribution in [0.15, 0.2) is 30.3 Å². The van der Waals surface area contributed by atoms with Gasteiger partial charge in [0.05, 0.1) is 13.2 Å². The predicted molar refractivity (Wildman–Crippen MR) is 59.8 cm³/mol. The molecule has 1 fully saturated rings. The molecule has 1 heterocycles. The predicted octanol–water partition coefficient (Wildman–Crippen LogP) is 2.19. The number of aliphatic hydroxyl groups excluding tert-OH is 1. The van der Waals surface area contributed by atoms with Crippen LogP contribution in [0.25, 0.3) is 0 Å². The summed E-state index contributed by atoms with van der Waals surface area (Å²) in [4.78, 5) is 0. The van der Waals surface area contributed by atoms with Gasteiger partial charge in [-0.1, -0.05) is 37.3 Å². The Labute approximate surface area is 90.9 Å². The van der Waals surface area contributed by atoms with Crippen molar-refractivity contribution in [3.63, 3.8) is 0 Å². The molecule has 2 nitrogen and oxygen atoms in total. The second-order valence-electron chi connectivity index (χ2n) is 4.80. The van der Waals surface area contributed by atoms with E-state index in [1.165, 1.54) is 5.56 Å². The van der Waals surface area contributed by atoms with Crippen molar-refractivity contribution in [2.75, 3.05) is 19.8 Å². The lowest BCUT2D eigenvalue weighted by Crippen LogP contribution is -2.41. The number of hydrogen-bond acceptors (Lipinski definition) is 2. The van der Waals surface area contributed by atoms with E-state index in [9.17, 15) is 5.11 Å². The van der Waals surface area contributed by atoms with E-state index in [0.717, 1.165) is 19.6 Å². The normalized spacial score (nSPS) is 20.7. The first kappa shape index (κ1) is 10.7. The fraction of sp³-hybridized carbons (Fsp3) is 0.538. The van der Waals surface area contributed by atoms with E-state index in [4.69, 9.17) is 4.74 Å². The van der Waals surface area contributed by atoms with Crippen LogP contribution < -0.4 is 0 Å². The van der Waals surface area contributed by atoms with Crippen molar-refractivity contribution in [1.82, 2.24) is 0 Å². The van der Waals surface area contributed by atoms with Crippen molar-refractivity contribution in [1.29, 1.82) is 0 Å².